The molecule has 132 valence electrons. The van der Waals surface area contributed by atoms with Gasteiger partial charge in [0.2, 0.25) is 0 Å². The Bertz CT molecular complexity index is 848. The van der Waals surface area contributed by atoms with Crippen LogP contribution in [0.25, 0.3) is 0 Å². The number of ketones is 1. The van der Waals surface area contributed by atoms with Crippen LogP contribution in [0.5, 0.6) is 0 Å². The van der Waals surface area contributed by atoms with Crippen molar-refractivity contribution < 1.29 is 32.3 Å². The Labute approximate surface area is 140 Å². The standard InChI is InChI=1S/C16H13F3N2O4/c1-7(22)9-5-12(20-6-9)16(24)25-8(2)15(23)21-11-4-3-10(17)13(18)14(11)19/h3-6,8,20H,1-2H3,(H,21,23)/t8-/m0/s1. The van der Waals surface area contributed by atoms with Gasteiger partial charge in [-0.15, -0.1) is 0 Å². The third-order valence-electron chi connectivity index (χ3n) is 3.26. The van der Waals surface area contributed by atoms with Crippen LogP contribution in [-0.2, 0) is 9.53 Å². The molecule has 0 unspecified atom stereocenters. The van der Waals surface area contributed by atoms with Crippen LogP contribution in [0, 0.1) is 17.5 Å². The summed E-state index contributed by atoms with van der Waals surface area (Å²) in [7, 11) is 0. The number of benzene rings is 1. The molecule has 9 heteroatoms. The summed E-state index contributed by atoms with van der Waals surface area (Å²) < 4.78 is 44.4. The van der Waals surface area contributed by atoms with E-state index in [1.165, 1.54) is 26.1 Å². The number of esters is 1. The number of hydrogen-bond donors (Lipinski definition) is 2. The van der Waals surface area contributed by atoms with Crippen molar-refractivity contribution in [2.24, 2.45) is 0 Å². The Morgan fingerprint density at radius 3 is 2.44 bits per heavy atom. The van der Waals surface area contributed by atoms with Gasteiger partial charge in [-0.2, -0.15) is 0 Å². The van der Waals surface area contributed by atoms with E-state index < -0.39 is 41.1 Å². The summed E-state index contributed by atoms with van der Waals surface area (Å²) in [6.45, 7) is 2.52. The fraction of sp³-hybridized carbons (Fsp3) is 0.188. The van der Waals surface area contributed by atoms with E-state index in [1.807, 2.05) is 5.32 Å². The maximum atomic E-state index is 13.5. The van der Waals surface area contributed by atoms with Crippen molar-refractivity contribution >= 4 is 23.3 Å². The van der Waals surface area contributed by atoms with E-state index in [-0.39, 0.29) is 17.0 Å². The molecule has 2 aromatic rings. The fourth-order valence-corrected chi connectivity index (χ4v) is 1.85. The summed E-state index contributed by atoms with van der Waals surface area (Å²) in [6, 6.07) is 2.74. The van der Waals surface area contributed by atoms with Gasteiger partial charge >= 0.3 is 5.97 Å². The van der Waals surface area contributed by atoms with Crippen LogP contribution in [-0.4, -0.2) is 28.7 Å². The van der Waals surface area contributed by atoms with Crippen molar-refractivity contribution in [3.05, 3.63) is 53.1 Å². The van der Waals surface area contributed by atoms with Gasteiger partial charge in [0.25, 0.3) is 5.91 Å². The van der Waals surface area contributed by atoms with Crippen LogP contribution >= 0.6 is 0 Å². The average molecular weight is 354 g/mol. The number of aromatic nitrogens is 1. The lowest BCUT2D eigenvalue weighted by molar-refractivity contribution is -0.123. The highest BCUT2D eigenvalue weighted by Crippen LogP contribution is 2.20. The zero-order valence-electron chi connectivity index (χ0n) is 13.2. The molecule has 0 aliphatic rings. The Hall–Kier alpha value is -3.10. The first-order valence-electron chi connectivity index (χ1n) is 7.05. The third-order valence-corrected chi connectivity index (χ3v) is 3.26. The molecule has 1 atom stereocenters. The summed E-state index contributed by atoms with van der Waals surface area (Å²) in [5.74, 6) is -6.83. The average Bonchev–Trinajstić information content (AvgIpc) is 3.05. The molecule has 1 amide bonds. The monoisotopic (exact) mass is 354 g/mol. The lowest BCUT2D eigenvalue weighted by Crippen LogP contribution is -2.30. The second-order valence-electron chi connectivity index (χ2n) is 5.12. The molecular weight excluding hydrogens is 341 g/mol. The molecule has 0 radical (unpaired) electrons. The Morgan fingerprint density at radius 2 is 1.84 bits per heavy atom. The highest BCUT2D eigenvalue weighted by atomic mass is 19.2. The molecule has 6 nitrogen and oxygen atoms in total. The van der Waals surface area contributed by atoms with Gasteiger partial charge in [0.15, 0.2) is 29.3 Å². The smallest absolute Gasteiger partial charge is 0.355 e. The molecule has 1 aromatic heterocycles. The number of anilines is 1. The number of H-pyrrole nitrogens is 1. The largest absolute Gasteiger partial charge is 0.448 e. The molecule has 0 aliphatic carbocycles. The second kappa shape index (κ2) is 7.20. The van der Waals surface area contributed by atoms with Gasteiger partial charge in [-0.3, -0.25) is 9.59 Å². The summed E-state index contributed by atoms with van der Waals surface area (Å²) >= 11 is 0. The van der Waals surface area contributed by atoms with E-state index in [9.17, 15) is 27.6 Å². The Morgan fingerprint density at radius 1 is 1.16 bits per heavy atom. The minimum Gasteiger partial charge on any atom is -0.448 e. The van der Waals surface area contributed by atoms with Gasteiger partial charge in [0.05, 0.1) is 5.69 Å². The van der Waals surface area contributed by atoms with E-state index >= 15 is 0 Å². The van der Waals surface area contributed by atoms with Crippen LogP contribution in [0.1, 0.15) is 34.7 Å². The first kappa shape index (κ1) is 18.2. The van der Waals surface area contributed by atoms with Crippen molar-refractivity contribution in [3.8, 4) is 0 Å². The fourth-order valence-electron chi connectivity index (χ4n) is 1.85. The SMILES string of the molecule is CC(=O)c1c[nH]c(C(=O)O[C@@H](C)C(=O)Nc2ccc(F)c(F)c2F)c1. The number of aromatic amines is 1. The van der Waals surface area contributed by atoms with Crippen molar-refractivity contribution in [1.29, 1.82) is 0 Å². The predicted molar refractivity (Wildman–Crippen MR) is 80.6 cm³/mol. The minimum atomic E-state index is -1.73. The van der Waals surface area contributed by atoms with Crippen molar-refractivity contribution in [2.75, 3.05) is 5.32 Å². The van der Waals surface area contributed by atoms with Gasteiger partial charge in [-0.1, -0.05) is 0 Å². The first-order valence-corrected chi connectivity index (χ1v) is 7.05. The number of rotatable bonds is 5. The zero-order chi connectivity index (χ0) is 18.7. The number of carbonyl (C=O) groups is 3. The normalized spacial score (nSPS) is 11.7. The molecule has 0 bridgehead atoms. The molecule has 0 fully saturated rings. The number of Topliss-reactive ketones (excluding diaryl/α,β-unsaturated/α-hetero) is 1. The number of ether oxygens (including phenoxy) is 1. The number of amides is 1. The van der Waals surface area contributed by atoms with Crippen molar-refractivity contribution in [3.63, 3.8) is 0 Å². The van der Waals surface area contributed by atoms with Gasteiger partial charge in [0.1, 0.15) is 5.69 Å². The van der Waals surface area contributed by atoms with E-state index in [0.29, 0.717) is 6.07 Å². The second-order valence-corrected chi connectivity index (χ2v) is 5.12. The lowest BCUT2D eigenvalue weighted by Gasteiger charge is -2.13. The molecule has 1 aromatic carbocycles. The van der Waals surface area contributed by atoms with E-state index in [4.69, 9.17) is 4.74 Å². The number of nitrogens with one attached hydrogen (secondary N) is 2. The van der Waals surface area contributed by atoms with Crippen LogP contribution < -0.4 is 5.32 Å². The first-order chi connectivity index (χ1) is 11.7. The Balaban J connectivity index is 2.03. The van der Waals surface area contributed by atoms with Crippen molar-refractivity contribution in [1.82, 2.24) is 4.98 Å². The maximum Gasteiger partial charge on any atom is 0.355 e. The van der Waals surface area contributed by atoms with Crippen LogP contribution in [0.4, 0.5) is 18.9 Å². The summed E-state index contributed by atoms with van der Waals surface area (Å²) in [6.07, 6.45) is -0.0514. The number of halogens is 3. The van der Waals surface area contributed by atoms with E-state index in [2.05, 4.69) is 4.98 Å². The quantitative estimate of drug-likeness (QED) is 0.491. The van der Waals surface area contributed by atoms with Gasteiger partial charge in [-0.25, -0.2) is 18.0 Å². The molecule has 0 aliphatic heterocycles. The van der Waals surface area contributed by atoms with Crippen LogP contribution in [0.2, 0.25) is 0 Å². The Kier molecular flexibility index (Phi) is 5.26. The molecule has 1 heterocycles. The molecule has 2 rings (SSSR count). The molecule has 25 heavy (non-hydrogen) atoms. The van der Waals surface area contributed by atoms with Crippen LogP contribution in [0.15, 0.2) is 24.4 Å². The topological polar surface area (TPSA) is 88.3 Å². The molecule has 0 spiro atoms. The predicted octanol–water partition coefficient (Wildman–Crippen LogP) is 2.82. The molecule has 0 saturated heterocycles. The van der Waals surface area contributed by atoms with E-state index in [1.54, 1.807) is 0 Å². The van der Waals surface area contributed by atoms with Crippen molar-refractivity contribution in [2.45, 2.75) is 20.0 Å². The molecular formula is C16H13F3N2O4. The summed E-state index contributed by atoms with van der Waals surface area (Å²) in [4.78, 5) is 37.5. The third kappa shape index (κ3) is 4.06. The minimum absolute atomic E-state index is 0.0520. The highest BCUT2D eigenvalue weighted by Gasteiger charge is 2.22. The number of hydrogen-bond acceptors (Lipinski definition) is 4. The summed E-state index contributed by atoms with van der Waals surface area (Å²) in [5.41, 5.74) is -0.387. The van der Waals surface area contributed by atoms with Gasteiger partial charge < -0.3 is 15.0 Å². The van der Waals surface area contributed by atoms with Gasteiger partial charge in [0, 0.05) is 11.8 Å². The van der Waals surface area contributed by atoms with Gasteiger partial charge in [-0.05, 0) is 32.0 Å². The maximum absolute atomic E-state index is 13.5. The molecule has 2 N–H and O–H groups in total. The lowest BCUT2D eigenvalue weighted by atomic mass is 10.2. The highest BCUT2D eigenvalue weighted by molar-refractivity contribution is 5.99. The zero-order valence-corrected chi connectivity index (χ0v) is 13.2. The summed E-state index contributed by atoms with van der Waals surface area (Å²) in [5, 5.41) is 2.00. The molecule has 0 saturated carbocycles. The van der Waals surface area contributed by atoms with Crippen LogP contribution in [0.3, 0.4) is 0 Å². The van der Waals surface area contributed by atoms with E-state index in [0.717, 1.165) is 6.07 Å². The number of carbonyl (C=O) groups excluding carboxylic acids is 3.